The Morgan fingerprint density at radius 1 is 1.24 bits per heavy atom. The number of hydrogen-bond acceptors (Lipinski definition) is 2. The van der Waals surface area contributed by atoms with Crippen LogP contribution in [0.3, 0.4) is 0 Å². The van der Waals surface area contributed by atoms with Crippen LogP contribution in [0.5, 0.6) is 0 Å². The van der Waals surface area contributed by atoms with E-state index in [1.165, 1.54) is 0 Å². The molecular formula is C15H16N2. The van der Waals surface area contributed by atoms with E-state index in [0.717, 1.165) is 22.4 Å². The average molecular weight is 224 g/mol. The SMILES string of the molecule is C=C(C)C(C)=N/C=C(\C)c1ccc(C#N)cc1. The van der Waals surface area contributed by atoms with Crippen molar-refractivity contribution in [2.24, 2.45) is 4.99 Å². The molecule has 0 radical (unpaired) electrons. The molecule has 1 rings (SSSR count). The van der Waals surface area contributed by atoms with Gasteiger partial charge in [0.05, 0.1) is 11.6 Å². The summed E-state index contributed by atoms with van der Waals surface area (Å²) in [6, 6.07) is 9.57. The Bertz CT molecular complexity index is 511. The van der Waals surface area contributed by atoms with E-state index in [1.54, 1.807) is 0 Å². The lowest BCUT2D eigenvalue weighted by molar-refractivity contribution is 1.44. The molecule has 2 nitrogen and oxygen atoms in total. The van der Waals surface area contributed by atoms with Gasteiger partial charge in [-0.05, 0) is 49.6 Å². The smallest absolute Gasteiger partial charge is 0.0991 e. The highest BCUT2D eigenvalue weighted by Crippen LogP contribution is 2.14. The summed E-state index contributed by atoms with van der Waals surface area (Å²) in [6.07, 6.45) is 1.82. The zero-order chi connectivity index (χ0) is 12.8. The summed E-state index contributed by atoms with van der Waals surface area (Å²) < 4.78 is 0. The van der Waals surface area contributed by atoms with E-state index in [2.05, 4.69) is 17.6 Å². The van der Waals surface area contributed by atoms with Crippen molar-refractivity contribution in [3.8, 4) is 6.07 Å². The van der Waals surface area contributed by atoms with Gasteiger partial charge in [-0.25, -0.2) is 0 Å². The molecule has 0 heterocycles. The second-order valence-electron chi connectivity index (χ2n) is 4.00. The van der Waals surface area contributed by atoms with Crippen LogP contribution >= 0.6 is 0 Å². The van der Waals surface area contributed by atoms with Gasteiger partial charge in [-0.1, -0.05) is 18.7 Å². The third kappa shape index (κ3) is 3.73. The molecule has 1 aromatic carbocycles. The van der Waals surface area contributed by atoms with Crippen molar-refractivity contribution >= 4 is 11.3 Å². The first kappa shape index (κ1) is 12.9. The van der Waals surface area contributed by atoms with Gasteiger partial charge in [0.2, 0.25) is 0 Å². The molecular weight excluding hydrogens is 208 g/mol. The van der Waals surface area contributed by atoms with Crippen molar-refractivity contribution in [2.45, 2.75) is 20.8 Å². The van der Waals surface area contributed by atoms with Crippen molar-refractivity contribution in [1.82, 2.24) is 0 Å². The number of rotatable bonds is 3. The molecule has 0 saturated carbocycles. The second kappa shape index (κ2) is 5.81. The molecule has 0 saturated heterocycles. The van der Waals surface area contributed by atoms with Crippen LogP contribution in [-0.4, -0.2) is 5.71 Å². The summed E-state index contributed by atoms with van der Waals surface area (Å²) in [5.41, 5.74) is 4.70. The van der Waals surface area contributed by atoms with Crippen LogP contribution in [0.2, 0.25) is 0 Å². The zero-order valence-corrected chi connectivity index (χ0v) is 10.5. The van der Waals surface area contributed by atoms with Crippen LogP contribution in [0, 0.1) is 11.3 Å². The highest BCUT2D eigenvalue weighted by atomic mass is 14.7. The van der Waals surface area contributed by atoms with E-state index in [-0.39, 0.29) is 0 Å². The summed E-state index contributed by atoms with van der Waals surface area (Å²) in [5.74, 6) is 0. The molecule has 0 aliphatic rings. The lowest BCUT2D eigenvalue weighted by Gasteiger charge is -2.00. The van der Waals surface area contributed by atoms with E-state index >= 15 is 0 Å². The molecule has 0 aromatic heterocycles. The minimum atomic E-state index is 0.670. The molecule has 17 heavy (non-hydrogen) atoms. The first-order valence-electron chi connectivity index (χ1n) is 5.42. The third-order valence-electron chi connectivity index (χ3n) is 2.54. The number of nitrogens with zero attached hydrogens (tertiary/aromatic N) is 2. The Kier molecular flexibility index (Phi) is 4.42. The van der Waals surface area contributed by atoms with Gasteiger partial charge in [0.15, 0.2) is 0 Å². The van der Waals surface area contributed by atoms with Gasteiger partial charge < -0.3 is 0 Å². The zero-order valence-electron chi connectivity index (χ0n) is 10.5. The fourth-order valence-corrected chi connectivity index (χ4v) is 1.19. The van der Waals surface area contributed by atoms with Crippen LogP contribution in [-0.2, 0) is 0 Å². The van der Waals surface area contributed by atoms with Crippen LogP contribution < -0.4 is 0 Å². The van der Waals surface area contributed by atoms with E-state index in [0.29, 0.717) is 5.56 Å². The third-order valence-corrected chi connectivity index (χ3v) is 2.54. The Labute approximate surface area is 103 Å². The van der Waals surface area contributed by atoms with Gasteiger partial charge in [0, 0.05) is 11.9 Å². The Morgan fingerprint density at radius 3 is 2.29 bits per heavy atom. The first-order valence-corrected chi connectivity index (χ1v) is 5.42. The fraction of sp³-hybridized carbons (Fsp3) is 0.200. The summed E-state index contributed by atoms with van der Waals surface area (Å²) in [5, 5.41) is 8.71. The minimum absolute atomic E-state index is 0.670. The van der Waals surface area contributed by atoms with Crippen LogP contribution in [0.25, 0.3) is 5.57 Å². The molecule has 1 aromatic rings. The Hall–Kier alpha value is -2.14. The van der Waals surface area contributed by atoms with Crippen LogP contribution in [0.1, 0.15) is 31.9 Å². The molecule has 0 N–H and O–H groups in total. The van der Waals surface area contributed by atoms with E-state index in [9.17, 15) is 0 Å². The first-order chi connectivity index (χ1) is 8.04. The predicted molar refractivity (Wildman–Crippen MR) is 72.7 cm³/mol. The van der Waals surface area contributed by atoms with Gasteiger partial charge in [0.1, 0.15) is 0 Å². The molecule has 2 heteroatoms. The van der Waals surface area contributed by atoms with E-state index in [4.69, 9.17) is 5.26 Å². The fourth-order valence-electron chi connectivity index (χ4n) is 1.19. The number of allylic oxidation sites excluding steroid dienone is 2. The second-order valence-corrected chi connectivity index (χ2v) is 4.00. The Morgan fingerprint density at radius 2 is 1.82 bits per heavy atom. The molecule has 86 valence electrons. The van der Waals surface area contributed by atoms with Crippen molar-refractivity contribution < 1.29 is 0 Å². The monoisotopic (exact) mass is 224 g/mol. The van der Waals surface area contributed by atoms with Crippen molar-refractivity contribution in [1.29, 1.82) is 5.26 Å². The molecule has 0 unspecified atom stereocenters. The topological polar surface area (TPSA) is 36.1 Å². The van der Waals surface area contributed by atoms with Gasteiger partial charge in [-0.15, -0.1) is 0 Å². The maximum atomic E-state index is 8.71. The number of benzene rings is 1. The van der Waals surface area contributed by atoms with Crippen LogP contribution in [0.4, 0.5) is 0 Å². The molecule has 0 spiro atoms. The lowest BCUT2D eigenvalue weighted by Crippen LogP contribution is -1.89. The largest absolute Gasteiger partial charge is 0.261 e. The van der Waals surface area contributed by atoms with Gasteiger partial charge in [-0.3, -0.25) is 4.99 Å². The minimum Gasteiger partial charge on any atom is -0.261 e. The summed E-state index contributed by atoms with van der Waals surface area (Å²) in [6.45, 7) is 9.70. The molecule has 0 atom stereocenters. The predicted octanol–water partition coefficient (Wildman–Crippen LogP) is 3.96. The lowest BCUT2D eigenvalue weighted by atomic mass is 10.1. The van der Waals surface area contributed by atoms with Gasteiger partial charge >= 0.3 is 0 Å². The molecule has 0 fully saturated rings. The quantitative estimate of drug-likeness (QED) is 0.716. The van der Waals surface area contributed by atoms with E-state index in [1.807, 2.05) is 51.2 Å². The normalized spacial score (nSPS) is 12.1. The molecule has 0 amide bonds. The molecule has 0 aliphatic carbocycles. The van der Waals surface area contributed by atoms with Crippen LogP contribution in [0.15, 0.2) is 47.6 Å². The standard InChI is InChI=1S/C15H16N2/c1-11(2)13(4)17-10-12(3)15-7-5-14(9-16)6-8-15/h5-8,10H,1H2,2-4H3/b12-10+,17-13?. The summed E-state index contributed by atoms with van der Waals surface area (Å²) in [7, 11) is 0. The average Bonchev–Trinajstić information content (AvgIpc) is 2.35. The highest BCUT2D eigenvalue weighted by molar-refractivity contribution is 5.97. The van der Waals surface area contributed by atoms with Crippen molar-refractivity contribution in [2.75, 3.05) is 0 Å². The molecule has 0 aliphatic heterocycles. The van der Waals surface area contributed by atoms with Gasteiger partial charge in [-0.2, -0.15) is 5.26 Å². The highest BCUT2D eigenvalue weighted by Gasteiger charge is 1.96. The van der Waals surface area contributed by atoms with Crippen molar-refractivity contribution in [3.05, 3.63) is 53.7 Å². The van der Waals surface area contributed by atoms with Gasteiger partial charge in [0.25, 0.3) is 0 Å². The number of aliphatic imine (C=N–C) groups is 1. The van der Waals surface area contributed by atoms with E-state index < -0.39 is 0 Å². The summed E-state index contributed by atoms with van der Waals surface area (Å²) in [4.78, 5) is 4.33. The maximum absolute atomic E-state index is 8.71. The number of nitriles is 1. The maximum Gasteiger partial charge on any atom is 0.0991 e. The van der Waals surface area contributed by atoms with Crippen molar-refractivity contribution in [3.63, 3.8) is 0 Å². The number of hydrogen-bond donors (Lipinski definition) is 0. The molecule has 0 bridgehead atoms. The Balaban J connectivity index is 2.93. The summed E-state index contributed by atoms with van der Waals surface area (Å²) >= 11 is 0.